The van der Waals surface area contributed by atoms with E-state index in [1.807, 2.05) is 17.9 Å². The second kappa shape index (κ2) is 6.88. The number of piperidine rings is 1. The first-order chi connectivity index (χ1) is 13.0. The van der Waals surface area contributed by atoms with Crippen LogP contribution in [0.3, 0.4) is 0 Å². The van der Waals surface area contributed by atoms with Crippen LogP contribution >= 0.6 is 0 Å². The van der Waals surface area contributed by atoms with Crippen molar-refractivity contribution in [1.29, 1.82) is 5.26 Å². The Balaban J connectivity index is 1.47. The van der Waals surface area contributed by atoms with Crippen molar-refractivity contribution in [2.45, 2.75) is 32.2 Å². The minimum atomic E-state index is -1.18. The number of anilines is 1. The monoisotopic (exact) mass is 366 g/mol. The molecule has 2 aromatic rings. The maximum absolute atomic E-state index is 14.8. The summed E-state index contributed by atoms with van der Waals surface area (Å²) in [6.07, 6.45) is -1.24. The van der Waals surface area contributed by atoms with Crippen LogP contribution in [0.25, 0.3) is 0 Å². The van der Waals surface area contributed by atoms with E-state index in [0.717, 1.165) is 11.4 Å². The van der Waals surface area contributed by atoms with Gasteiger partial charge >= 0.3 is 0 Å². The molecule has 7 heteroatoms. The molecule has 6 nitrogen and oxygen atoms in total. The first-order valence-corrected chi connectivity index (χ1v) is 8.89. The first-order valence-electron chi connectivity index (χ1n) is 8.89. The molecule has 27 heavy (non-hydrogen) atoms. The highest BCUT2D eigenvalue weighted by Crippen LogP contribution is 2.28. The Labute approximate surface area is 156 Å². The van der Waals surface area contributed by atoms with E-state index in [1.54, 1.807) is 24.3 Å². The summed E-state index contributed by atoms with van der Waals surface area (Å²) >= 11 is 0. The quantitative estimate of drug-likeness (QED) is 0.903. The highest BCUT2D eigenvalue weighted by Gasteiger charge is 2.33. The second-order valence-electron chi connectivity index (χ2n) is 6.85. The lowest BCUT2D eigenvalue weighted by Crippen LogP contribution is -2.47. The molecule has 0 saturated carbocycles. The first kappa shape index (κ1) is 17.3. The van der Waals surface area contributed by atoms with E-state index in [-0.39, 0.29) is 12.5 Å². The molecule has 1 amide bonds. The molecule has 0 radical (unpaired) electrons. The standard InChI is InChI=1S/C20H19FN4O2/c1-12-7-15-17(10-23-20(15)26)24-19(12)25-6-5-18(16(21)11-25)27-14-4-2-3-13(8-14)9-22/h2-4,7-8,16,18H,5-6,10-11H2,1H3,(H,23,26)/t16-,18-/m1/s1. The number of benzene rings is 1. The zero-order chi connectivity index (χ0) is 19.0. The molecule has 2 atom stereocenters. The molecule has 0 bridgehead atoms. The molecule has 1 aromatic carbocycles. The average molecular weight is 366 g/mol. The van der Waals surface area contributed by atoms with Gasteiger partial charge in [0.05, 0.1) is 36.0 Å². The largest absolute Gasteiger partial charge is 0.487 e. The summed E-state index contributed by atoms with van der Waals surface area (Å²) in [5.74, 6) is 1.12. The summed E-state index contributed by atoms with van der Waals surface area (Å²) in [6.45, 7) is 3.08. The van der Waals surface area contributed by atoms with E-state index >= 15 is 0 Å². The van der Waals surface area contributed by atoms with Crippen molar-refractivity contribution < 1.29 is 13.9 Å². The van der Waals surface area contributed by atoms with Crippen molar-refractivity contribution in [3.8, 4) is 11.8 Å². The Morgan fingerprint density at radius 3 is 3.04 bits per heavy atom. The van der Waals surface area contributed by atoms with Crippen LogP contribution in [0.5, 0.6) is 5.75 Å². The van der Waals surface area contributed by atoms with Gasteiger partial charge in [0.25, 0.3) is 5.91 Å². The number of aryl methyl sites for hydroxylation is 1. The molecule has 1 N–H and O–H groups in total. The van der Waals surface area contributed by atoms with Gasteiger partial charge in [-0.1, -0.05) is 6.07 Å². The summed E-state index contributed by atoms with van der Waals surface area (Å²) in [5, 5.41) is 11.7. The number of alkyl halides is 1. The number of hydrogen-bond acceptors (Lipinski definition) is 5. The van der Waals surface area contributed by atoms with Crippen LogP contribution in [-0.4, -0.2) is 36.3 Å². The summed E-state index contributed by atoms with van der Waals surface area (Å²) in [6, 6.07) is 10.6. The average Bonchev–Trinajstić information content (AvgIpc) is 3.03. The fraction of sp³-hybridized carbons (Fsp3) is 0.350. The summed E-state index contributed by atoms with van der Waals surface area (Å²) < 4.78 is 20.6. The summed E-state index contributed by atoms with van der Waals surface area (Å²) in [7, 11) is 0. The summed E-state index contributed by atoms with van der Waals surface area (Å²) in [5.41, 5.74) is 2.66. The van der Waals surface area contributed by atoms with E-state index in [2.05, 4.69) is 16.4 Å². The number of fused-ring (bicyclic) bond motifs is 1. The lowest BCUT2D eigenvalue weighted by molar-refractivity contribution is 0.0818. The van der Waals surface area contributed by atoms with Crippen molar-refractivity contribution in [3.05, 3.63) is 52.7 Å². The van der Waals surface area contributed by atoms with Gasteiger partial charge in [0.15, 0.2) is 6.17 Å². The molecule has 0 unspecified atom stereocenters. The molecule has 138 valence electrons. The van der Waals surface area contributed by atoms with E-state index in [9.17, 15) is 9.18 Å². The van der Waals surface area contributed by atoms with Crippen LogP contribution in [0.1, 0.15) is 33.6 Å². The molecular formula is C20H19FN4O2. The van der Waals surface area contributed by atoms with Gasteiger partial charge in [-0.15, -0.1) is 0 Å². The maximum Gasteiger partial charge on any atom is 0.253 e. The van der Waals surface area contributed by atoms with Crippen LogP contribution < -0.4 is 15.0 Å². The van der Waals surface area contributed by atoms with Crippen LogP contribution in [0.15, 0.2) is 30.3 Å². The SMILES string of the molecule is Cc1cc2c(nc1N1CC[C@@H](Oc3cccc(C#N)c3)[C@H](F)C1)CNC2=O. The van der Waals surface area contributed by atoms with Crippen molar-refractivity contribution in [3.63, 3.8) is 0 Å². The topological polar surface area (TPSA) is 78.2 Å². The number of amides is 1. The zero-order valence-corrected chi connectivity index (χ0v) is 14.9. The third kappa shape index (κ3) is 3.31. The van der Waals surface area contributed by atoms with E-state index in [0.29, 0.717) is 42.1 Å². The predicted octanol–water partition coefficient (Wildman–Crippen LogP) is 2.50. The molecule has 0 aliphatic carbocycles. The second-order valence-corrected chi connectivity index (χ2v) is 6.85. The van der Waals surface area contributed by atoms with Gasteiger partial charge in [-0.2, -0.15) is 5.26 Å². The minimum absolute atomic E-state index is 0.109. The van der Waals surface area contributed by atoms with Gasteiger partial charge in [-0.05, 0) is 36.8 Å². The molecule has 2 aliphatic heterocycles. The molecule has 2 aliphatic rings. The molecule has 0 spiro atoms. The van der Waals surface area contributed by atoms with Gasteiger partial charge in [0.2, 0.25) is 0 Å². The third-order valence-corrected chi connectivity index (χ3v) is 4.96. The van der Waals surface area contributed by atoms with Gasteiger partial charge < -0.3 is 15.0 Å². The number of nitrogens with one attached hydrogen (secondary N) is 1. The number of hydrogen-bond donors (Lipinski definition) is 1. The molecule has 4 rings (SSSR count). The lowest BCUT2D eigenvalue weighted by Gasteiger charge is -2.36. The zero-order valence-electron chi connectivity index (χ0n) is 14.9. The number of rotatable bonds is 3. The van der Waals surface area contributed by atoms with Crippen molar-refractivity contribution >= 4 is 11.7 Å². The number of ether oxygens (including phenoxy) is 1. The number of pyridine rings is 1. The number of nitriles is 1. The van der Waals surface area contributed by atoms with Gasteiger partial charge in [-0.25, -0.2) is 9.37 Å². The van der Waals surface area contributed by atoms with Crippen molar-refractivity contribution in [1.82, 2.24) is 10.3 Å². The number of carbonyl (C=O) groups is 1. The smallest absolute Gasteiger partial charge is 0.253 e. The molecule has 1 fully saturated rings. The van der Waals surface area contributed by atoms with Gasteiger partial charge in [0.1, 0.15) is 17.7 Å². The Bertz CT molecular complexity index is 940. The van der Waals surface area contributed by atoms with Gasteiger partial charge in [0, 0.05) is 13.0 Å². The van der Waals surface area contributed by atoms with E-state index in [1.165, 1.54) is 0 Å². The molecule has 1 aromatic heterocycles. The Hall–Kier alpha value is -3.14. The number of halogens is 1. The summed E-state index contributed by atoms with van der Waals surface area (Å²) in [4.78, 5) is 18.3. The minimum Gasteiger partial charge on any atom is -0.487 e. The number of aromatic nitrogens is 1. The van der Waals surface area contributed by atoms with Crippen LogP contribution in [-0.2, 0) is 6.54 Å². The Kier molecular flexibility index (Phi) is 4.40. The van der Waals surface area contributed by atoms with E-state index < -0.39 is 12.3 Å². The van der Waals surface area contributed by atoms with Crippen LogP contribution in [0, 0.1) is 18.3 Å². The Morgan fingerprint density at radius 1 is 1.41 bits per heavy atom. The maximum atomic E-state index is 14.8. The predicted molar refractivity (Wildman–Crippen MR) is 97.4 cm³/mol. The Morgan fingerprint density at radius 2 is 2.26 bits per heavy atom. The van der Waals surface area contributed by atoms with Crippen molar-refractivity contribution in [2.24, 2.45) is 0 Å². The highest BCUT2D eigenvalue weighted by molar-refractivity contribution is 5.98. The number of carbonyl (C=O) groups excluding carboxylic acids is 1. The van der Waals surface area contributed by atoms with Crippen LogP contribution in [0.2, 0.25) is 0 Å². The van der Waals surface area contributed by atoms with E-state index in [4.69, 9.17) is 10.00 Å². The van der Waals surface area contributed by atoms with Gasteiger partial charge in [-0.3, -0.25) is 4.79 Å². The van der Waals surface area contributed by atoms with Crippen molar-refractivity contribution in [2.75, 3.05) is 18.0 Å². The fourth-order valence-electron chi connectivity index (χ4n) is 3.57. The molecule has 3 heterocycles. The lowest BCUT2D eigenvalue weighted by atomic mass is 10.0. The number of nitrogens with zero attached hydrogens (tertiary/aromatic N) is 3. The molecular weight excluding hydrogens is 347 g/mol. The molecule has 1 saturated heterocycles. The normalized spacial score (nSPS) is 21.4. The highest BCUT2D eigenvalue weighted by atomic mass is 19.1. The van der Waals surface area contributed by atoms with Crippen LogP contribution in [0.4, 0.5) is 10.2 Å². The fourth-order valence-corrected chi connectivity index (χ4v) is 3.57. The third-order valence-electron chi connectivity index (χ3n) is 4.96.